The molecule has 1 aliphatic carbocycles. The fourth-order valence-electron chi connectivity index (χ4n) is 5.80. The molecule has 2 aromatic carbocycles. The number of methoxy groups -OCH3 is 1. The van der Waals surface area contributed by atoms with Crippen LogP contribution in [0.25, 0.3) is 32.6 Å². The van der Waals surface area contributed by atoms with Crippen LogP contribution in [0.5, 0.6) is 5.75 Å². The van der Waals surface area contributed by atoms with Crippen molar-refractivity contribution >= 4 is 16.6 Å². The molecule has 186 valence electrons. The Labute approximate surface area is 211 Å². The topological polar surface area (TPSA) is 73.4 Å². The summed E-state index contributed by atoms with van der Waals surface area (Å²) >= 11 is 0. The van der Waals surface area contributed by atoms with Crippen LogP contribution in [0.1, 0.15) is 30.1 Å². The van der Waals surface area contributed by atoms with E-state index in [4.69, 9.17) is 16.3 Å². The Morgan fingerprint density at radius 3 is 2.32 bits per heavy atom. The van der Waals surface area contributed by atoms with E-state index in [0.29, 0.717) is 22.8 Å². The molecule has 2 aromatic heterocycles. The van der Waals surface area contributed by atoms with Gasteiger partial charge < -0.3 is 10.1 Å². The Morgan fingerprint density at radius 2 is 1.76 bits per heavy atom. The van der Waals surface area contributed by atoms with Crippen LogP contribution in [0, 0.1) is 38.0 Å². The summed E-state index contributed by atoms with van der Waals surface area (Å²) in [4.78, 5) is 27.2. The van der Waals surface area contributed by atoms with Gasteiger partial charge in [-0.3, -0.25) is 14.3 Å². The van der Waals surface area contributed by atoms with Crippen LogP contribution in [-0.2, 0) is 5.54 Å². The van der Waals surface area contributed by atoms with Crippen LogP contribution in [-0.4, -0.2) is 28.2 Å². The van der Waals surface area contributed by atoms with Gasteiger partial charge in [0.05, 0.1) is 35.8 Å². The Bertz CT molecular complexity index is 1670. The molecule has 0 amide bonds. The Kier molecular flexibility index (Phi) is 5.14. The molecule has 1 saturated carbocycles. The number of halogens is 2. The van der Waals surface area contributed by atoms with E-state index in [1.54, 1.807) is 6.07 Å². The molecule has 0 unspecified atom stereocenters. The summed E-state index contributed by atoms with van der Waals surface area (Å²) in [7, 11) is 1.18. The normalized spacial score (nSPS) is 20.1. The summed E-state index contributed by atoms with van der Waals surface area (Å²) in [5, 5.41) is 3.68. The van der Waals surface area contributed by atoms with Crippen molar-refractivity contribution in [1.82, 2.24) is 19.9 Å². The maximum absolute atomic E-state index is 14.8. The Hall–Kier alpha value is -4.16. The molecule has 1 N–H and O–H groups in total. The summed E-state index contributed by atoms with van der Waals surface area (Å²) in [6.07, 6.45) is 1.55. The third kappa shape index (κ3) is 3.51. The van der Waals surface area contributed by atoms with Gasteiger partial charge in [0.2, 0.25) is 0 Å². The maximum atomic E-state index is 14.8. The number of fused-ring (bicyclic) bond motifs is 2. The van der Waals surface area contributed by atoms with Crippen LogP contribution < -0.4 is 15.6 Å². The number of nitrogens with one attached hydrogen (secondary N) is 1. The first kappa shape index (κ1) is 23.3. The molecule has 0 radical (unpaired) electrons. The second kappa shape index (κ2) is 8.18. The molecule has 2 aliphatic heterocycles. The van der Waals surface area contributed by atoms with E-state index < -0.39 is 28.5 Å². The highest BCUT2D eigenvalue weighted by Crippen LogP contribution is 2.50. The van der Waals surface area contributed by atoms with Gasteiger partial charge in [0.1, 0.15) is 5.82 Å². The quantitative estimate of drug-likeness (QED) is 0.395. The van der Waals surface area contributed by atoms with Crippen molar-refractivity contribution in [3.05, 3.63) is 87.0 Å². The number of pyridine rings is 1. The Balaban J connectivity index is 1.72. The zero-order chi connectivity index (χ0) is 26.1. The van der Waals surface area contributed by atoms with Crippen LogP contribution in [0.15, 0.2) is 41.2 Å². The highest BCUT2D eigenvalue weighted by atomic mass is 19.1. The van der Waals surface area contributed by atoms with E-state index in [2.05, 4.69) is 15.1 Å². The van der Waals surface area contributed by atoms with E-state index in [1.807, 2.05) is 26.0 Å². The van der Waals surface area contributed by atoms with Gasteiger partial charge >= 0.3 is 0 Å². The van der Waals surface area contributed by atoms with Gasteiger partial charge in [-0.2, -0.15) is 0 Å². The van der Waals surface area contributed by atoms with Crippen molar-refractivity contribution in [2.45, 2.75) is 32.2 Å². The largest absolute Gasteiger partial charge is 0.491 e. The van der Waals surface area contributed by atoms with Gasteiger partial charge in [-0.25, -0.2) is 18.6 Å². The van der Waals surface area contributed by atoms with Gasteiger partial charge in [0, 0.05) is 23.5 Å². The molecule has 37 heavy (non-hydrogen) atoms. The summed E-state index contributed by atoms with van der Waals surface area (Å²) in [5.74, 6) is -1.50. The molecule has 2 bridgehead atoms. The molecule has 3 fully saturated rings. The highest BCUT2D eigenvalue weighted by Gasteiger charge is 2.54. The summed E-state index contributed by atoms with van der Waals surface area (Å²) in [6.45, 7) is 12.2. The minimum atomic E-state index is -0.919. The molecule has 7 rings (SSSR count). The van der Waals surface area contributed by atoms with Crippen molar-refractivity contribution < 1.29 is 13.5 Å². The van der Waals surface area contributed by atoms with Crippen molar-refractivity contribution in [1.29, 1.82) is 0 Å². The highest BCUT2D eigenvalue weighted by molar-refractivity contribution is 5.96. The smallest absolute Gasteiger partial charge is 0.264 e. The molecular weight excluding hydrogens is 476 g/mol. The lowest BCUT2D eigenvalue weighted by Crippen LogP contribution is -2.45. The maximum Gasteiger partial charge on any atom is 0.264 e. The Morgan fingerprint density at radius 1 is 1.08 bits per heavy atom. The summed E-state index contributed by atoms with van der Waals surface area (Å²) in [6, 6.07) is 9.15. The molecule has 7 nitrogen and oxygen atoms in total. The third-order valence-corrected chi connectivity index (χ3v) is 7.36. The minimum Gasteiger partial charge on any atom is -0.491 e. The monoisotopic (exact) mass is 499 g/mol. The molecule has 4 aromatic rings. The fourth-order valence-corrected chi connectivity index (χ4v) is 5.80. The summed E-state index contributed by atoms with van der Waals surface area (Å²) in [5.41, 5.74) is 2.67. The molecule has 3 aliphatic rings. The van der Waals surface area contributed by atoms with E-state index in [1.165, 1.54) is 17.7 Å². The van der Waals surface area contributed by atoms with E-state index >= 15 is 0 Å². The number of hydrogen-bond acceptors (Lipinski definition) is 5. The lowest BCUT2D eigenvalue weighted by molar-refractivity contribution is 0.211. The number of ether oxygens (including phenoxy) is 1. The lowest BCUT2D eigenvalue weighted by Gasteiger charge is -2.38. The van der Waals surface area contributed by atoms with Crippen molar-refractivity contribution in [2.24, 2.45) is 5.92 Å². The van der Waals surface area contributed by atoms with Gasteiger partial charge in [-0.15, -0.1) is 0 Å². The fraction of sp³-hybridized carbons (Fsp3) is 0.286. The zero-order valence-corrected chi connectivity index (χ0v) is 20.5. The molecule has 4 heterocycles. The number of rotatable bonds is 4. The first-order valence-corrected chi connectivity index (χ1v) is 12.0. The van der Waals surface area contributed by atoms with Crippen molar-refractivity contribution in [2.75, 3.05) is 13.7 Å². The minimum absolute atomic E-state index is 0.0158. The number of benzene rings is 2. The van der Waals surface area contributed by atoms with Gasteiger partial charge in [0.25, 0.3) is 5.56 Å². The average Bonchev–Trinajstić information content (AvgIpc) is 3.45. The van der Waals surface area contributed by atoms with Crippen LogP contribution >= 0.6 is 0 Å². The van der Waals surface area contributed by atoms with E-state index in [0.717, 1.165) is 48.5 Å². The lowest BCUT2D eigenvalue weighted by atomic mass is 9.73. The number of nitrogens with zero attached hydrogens (tertiary/aromatic N) is 4. The van der Waals surface area contributed by atoms with Crippen molar-refractivity contribution in [3.8, 4) is 22.6 Å². The predicted octanol–water partition coefficient (Wildman–Crippen LogP) is 5.11. The van der Waals surface area contributed by atoms with Crippen LogP contribution in [0.4, 0.5) is 14.5 Å². The third-order valence-electron chi connectivity index (χ3n) is 7.36. The van der Waals surface area contributed by atoms with Gasteiger partial charge in [-0.05, 0) is 74.5 Å². The van der Waals surface area contributed by atoms with Crippen molar-refractivity contribution in [3.63, 3.8) is 0 Å². The van der Waals surface area contributed by atoms with E-state index in [-0.39, 0.29) is 16.8 Å². The second-order valence-corrected chi connectivity index (χ2v) is 9.90. The average molecular weight is 500 g/mol. The predicted molar refractivity (Wildman–Crippen MR) is 135 cm³/mol. The zero-order valence-electron chi connectivity index (χ0n) is 20.5. The standard InChI is InChI=1S/C28H23F2N5O2/c1-14-5-17(6-15(2)33-14)20-7-18(31-3)8-21-24(20)34-27(28-11-16(12-28)13-32-28)35(26(21)36)19-9-22(29)25(37-4)23(30)10-19/h5-10,16,32H,11-13H2,1-2,4H3. The first-order chi connectivity index (χ1) is 17.7. The number of hydrogen-bond donors (Lipinski definition) is 1. The van der Waals surface area contributed by atoms with Crippen LogP contribution in [0.2, 0.25) is 0 Å². The van der Waals surface area contributed by atoms with Gasteiger partial charge in [0.15, 0.2) is 23.1 Å². The number of aromatic nitrogens is 3. The first-order valence-electron chi connectivity index (χ1n) is 12.0. The molecule has 2 saturated heterocycles. The number of aryl methyl sites for hydroxylation is 2. The second-order valence-electron chi connectivity index (χ2n) is 9.90. The SMILES string of the molecule is [C-]#[N+]c1cc(-c2cc(C)nc(C)c2)c2nc(C34CC(CN3)C4)n(-c3cc(F)c(OC)c(F)c3)c(=O)c2c1. The molecular formula is C28H23F2N5O2. The van der Waals surface area contributed by atoms with Crippen LogP contribution in [0.3, 0.4) is 0 Å². The molecule has 0 spiro atoms. The molecule has 9 heteroatoms. The van der Waals surface area contributed by atoms with E-state index in [9.17, 15) is 13.6 Å². The van der Waals surface area contributed by atoms with Gasteiger partial charge in [-0.1, -0.05) is 0 Å². The molecule has 0 atom stereocenters. The summed E-state index contributed by atoms with van der Waals surface area (Å²) < 4.78 is 35.7.